The third-order valence-electron chi connectivity index (χ3n) is 2.60. The van der Waals surface area contributed by atoms with Crippen molar-refractivity contribution in [3.63, 3.8) is 0 Å². The number of ketones is 1. The van der Waals surface area contributed by atoms with Gasteiger partial charge in [-0.25, -0.2) is 4.98 Å². The van der Waals surface area contributed by atoms with Crippen LogP contribution in [0.2, 0.25) is 0 Å². The van der Waals surface area contributed by atoms with E-state index in [0.29, 0.717) is 6.42 Å². The summed E-state index contributed by atoms with van der Waals surface area (Å²) >= 11 is 0. The summed E-state index contributed by atoms with van der Waals surface area (Å²) in [6.45, 7) is 0. The number of pyridine rings is 1. The first-order valence-electron chi connectivity index (χ1n) is 5.11. The van der Waals surface area contributed by atoms with E-state index in [0.717, 1.165) is 11.3 Å². The van der Waals surface area contributed by atoms with Gasteiger partial charge in [0.2, 0.25) is 0 Å². The molecule has 0 N–H and O–H groups in total. The molecule has 80 valence electrons. The van der Waals surface area contributed by atoms with E-state index in [1.165, 1.54) is 12.3 Å². The normalized spacial score (nSPS) is 20.0. The summed E-state index contributed by atoms with van der Waals surface area (Å²) in [5.41, 5.74) is 1.66. The molecule has 0 bridgehead atoms. The number of carbonyl (C=O) groups is 1. The molecule has 4 nitrogen and oxygen atoms in total. The Hall–Kier alpha value is -2.10. The Balaban J connectivity index is 2.00. The highest BCUT2D eigenvalue weighted by Gasteiger charge is 2.21. The number of carbonyl (C=O) groups excluding carboxylic acids is 1. The van der Waals surface area contributed by atoms with Crippen molar-refractivity contribution in [1.29, 1.82) is 0 Å². The SMILES string of the molecule is O=C1C=COC(c2cn3ccccc3n2)C1. The van der Waals surface area contributed by atoms with Crippen molar-refractivity contribution < 1.29 is 9.53 Å². The van der Waals surface area contributed by atoms with E-state index >= 15 is 0 Å². The monoisotopic (exact) mass is 214 g/mol. The molecule has 1 unspecified atom stereocenters. The average molecular weight is 214 g/mol. The maximum Gasteiger partial charge on any atom is 0.162 e. The predicted octanol–water partition coefficient (Wildman–Crippen LogP) is 1.88. The van der Waals surface area contributed by atoms with Crippen molar-refractivity contribution in [1.82, 2.24) is 9.38 Å². The van der Waals surface area contributed by atoms with Gasteiger partial charge in [0.05, 0.1) is 12.7 Å². The van der Waals surface area contributed by atoms with E-state index in [2.05, 4.69) is 4.98 Å². The Morgan fingerprint density at radius 2 is 2.38 bits per heavy atom. The second-order valence-corrected chi connectivity index (χ2v) is 3.73. The van der Waals surface area contributed by atoms with Crippen molar-refractivity contribution in [2.45, 2.75) is 12.5 Å². The molecule has 4 heteroatoms. The van der Waals surface area contributed by atoms with E-state index in [-0.39, 0.29) is 11.9 Å². The topological polar surface area (TPSA) is 43.6 Å². The molecule has 0 radical (unpaired) electrons. The van der Waals surface area contributed by atoms with Crippen LogP contribution in [-0.2, 0) is 9.53 Å². The fraction of sp³-hybridized carbons (Fsp3) is 0.167. The van der Waals surface area contributed by atoms with Crippen molar-refractivity contribution >= 4 is 11.4 Å². The molecule has 1 atom stereocenters. The van der Waals surface area contributed by atoms with Crippen LogP contribution < -0.4 is 0 Å². The standard InChI is InChI=1S/C12H10N2O2/c15-9-4-6-16-11(7-9)10-8-14-5-2-1-3-12(14)13-10/h1-6,8,11H,7H2. The number of aromatic nitrogens is 2. The average Bonchev–Trinajstić information content (AvgIpc) is 2.72. The van der Waals surface area contributed by atoms with Crippen LogP contribution in [0.5, 0.6) is 0 Å². The van der Waals surface area contributed by atoms with Gasteiger partial charge in [-0.2, -0.15) is 0 Å². The second-order valence-electron chi connectivity index (χ2n) is 3.73. The lowest BCUT2D eigenvalue weighted by atomic mass is 10.1. The molecule has 2 aromatic rings. The number of hydrogen-bond donors (Lipinski definition) is 0. The summed E-state index contributed by atoms with van der Waals surface area (Å²) in [5.74, 6) is 0.0771. The van der Waals surface area contributed by atoms with Gasteiger partial charge in [0.25, 0.3) is 0 Å². The van der Waals surface area contributed by atoms with Crippen LogP contribution in [0.25, 0.3) is 5.65 Å². The predicted molar refractivity (Wildman–Crippen MR) is 57.8 cm³/mol. The van der Waals surface area contributed by atoms with Crippen LogP contribution >= 0.6 is 0 Å². The van der Waals surface area contributed by atoms with Crippen LogP contribution in [0, 0.1) is 0 Å². The van der Waals surface area contributed by atoms with Gasteiger partial charge in [-0.15, -0.1) is 0 Å². The van der Waals surface area contributed by atoms with Gasteiger partial charge in [0.15, 0.2) is 5.78 Å². The first-order chi connectivity index (χ1) is 7.83. The van der Waals surface area contributed by atoms with E-state index in [1.54, 1.807) is 0 Å². The molecule has 1 aliphatic rings. The summed E-state index contributed by atoms with van der Waals surface area (Å²) in [7, 11) is 0. The fourth-order valence-corrected chi connectivity index (χ4v) is 1.79. The molecule has 0 amide bonds. The lowest BCUT2D eigenvalue weighted by Gasteiger charge is -2.15. The molecule has 0 aliphatic carbocycles. The third-order valence-corrected chi connectivity index (χ3v) is 2.60. The number of ether oxygens (including phenoxy) is 1. The third kappa shape index (κ3) is 1.48. The highest BCUT2D eigenvalue weighted by atomic mass is 16.5. The molecule has 0 spiro atoms. The molecule has 0 saturated heterocycles. The van der Waals surface area contributed by atoms with Gasteiger partial charge >= 0.3 is 0 Å². The van der Waals surface area contributed by atoms with Crippen LogP contribution in [0.4, 0.5) is 0 Å². The van der Waals surface area contributed by atoms with Crippen LogP contribution in [0.15, 0.2) is 42.9 Å². The number of hydrogen-bond acceptors (Lipinski definition) is 3. The van der Waals surface area contributed by atoms with Gasteiger partial charge in [0.1, 0.15) is 17.4 Å². The zero-order valence-electron chi connectivity index (χ0n) is 8.54. The summed E-state index contributed by atoms with van der Waals surface area (Å²) in [6.07, 6.45) is 6.82. The quantitative estimate of drug-likeness (QED) is 0.728. The smallest absolute Gasteiger partial charge is 0.162 e. The van der Waals surface area contributed by atoms with Gasteiger partial charge in [0, 0.05) is 18.5 Å². The highest BCUT2D eigenvalue weighted by molar-refractivity contribution is 5.90. The molecule has 3 rings (SSSR count). The Kier molecular flexibility index (Phi) is 1.99. The molecule has 1 aliphatic heterocycles. The second kappa shape index (κ2) is 3.48. The molecular weight excluding hydrogens is 204 g/mol. The number of rotatable bonds is 1. The summed E-state index contributed by atoms with van der Waals surface area (Å²) in [6, 6.07) is 5.79. The van der Waals surface area contributed by atoms with Crippen LogP contribution in [-0.4, -0.2) is 15.2 Å². The molecule has 0 saturated carbocycles. The Morgan fingerprint density at radius 1 is 1.44 bits per heavy atom. The zero-order valence-corrected chi connectivity index (χ0v) is 8.54. The lowest BCUT2D eigenvalue weighted by molar-refractivity contribution is -0.118. The van der Waals surface area contributed by atoms with E-state index in [4.69, 9.17) is 4.74 Å². The van der Waals surface area contributed by atoms with Crippen LogP contribution in [0.3, 0.4) is 0 Å². The van der Waals surface area contributed by atoms with E-state index in [9.17, 15) is 4.79 Å². The molecule has 0 fully saturated rings. The first kappa shape index (κ1) is 9.15. The molecular formula is C12H10N2O2. The minimum atomic E-state index is -0.252. The highest BCUT2D eigenvalue weighted by Crippen LogP contribution is 2.24. The number of allylic oxidation sites excluding steroid dienone is 1. The lowest BCUT2D eigenvalue weighted by Crippen LogP contribution is -2.11. The van der Waals surface area contributed by atoms with Gasteiger partial charge in [-0.3, -0.25) is 4.79 Å². The number of fused-ring (bicyclic) bond motifs is 1. The largest absolute Gasteiger partial charge is 0.491 e. The maximum absolute atomic E-state index is 11.3. The Morgan fingerprint density at radius 3 is 3.19 bits per heavy atom. The van der Waals surface area contributed by atoms with Gasteiger partial charge < -0.3 is 9.14 Å². The summed E-state index contributed by atoms with van der Waals surface area (Å²) in [5, 5.41) is 0. The van der Waals surface area contributed by atoms with Gasteiger partial charge in [-0.05, 0) is 12.1 Å². The van der Waals surface area contributed by atoms with Crippen molar-refractivity contribution in [3.05, 3.63) is 48.6 Å². The summed E-state index contributed by atoms with van der Waals surface area (Å²) in [4.78, 5) is 15.7. The van der Waals surface area contributed by atoms with Gasteiger partial charge in [-0.1, -0.05) is 6.07 Å². The van der Waals surface area contributed by atoms with Crippen molar-refractivity contribution in [2.24, 2.45) is 0 Å². The maximum atomic E-state index is 11.3. The minimum absolute atomic E-state index is 0.0771. The minimum Gasteiger partial charge on any atom is -0.491 e. The fourth-order valence-electron chi connectivity index (χ4n) is 1.79. The number of imidazole rings is 1. The van der Waals surface area contributed by atoms with Crippen LogP contribution in [0.1, 0.15) is 18.2 Å². The Labute approximate surface area is 92.2 Å². The Bertz CT molecular complexity index is 538. The van der Waals surface area contributed by atoms with Crippen molar-refractivity contribution in [3.8, 4) is 0 Å². The first-order valence-corrected chi connectivity index (χ1v) is 5.11. The molecule has 16 heavy (non-hydrogen) atoms. The van der Waals surface area contributed by atoms with E-state index < -0.39 is 0 Å². The zero-order chi connectivity index (χ0) is 11.0. The van der Waals surface area contributed by atoms with Crippen molar-refractivity contribution in [2.75, 3.05) is 0 Å². The summed E-state index contributed by atoms with van der Waals surface area (Å²) < 4.78 is 7.30. The molecule has 2 aromatic heterocycles. The molecule has 0 aromatic carbocycles. The molecule has 3 heterocycles. The van der Waals surface area contributed by atoms with E-state index in [1.807, 2.05) is 35.0 Å². The number of nitrogens with zero attached hydrogens (tertiary/aromatic N) is 2.